The van der Waals surface area contributed by atoms with Gasteiger partial charge in [-0.25, -0.2) is 4.89 Å². The molecule has 0 bridgehead atoms. The fourth-order valence-corrected chi connectivity index (χ4v) is 1.37. The summed E-state index contributed by atoms with van der Waals surface area (Å²) < 4.78 is 0. The molecule has 0 saturated carbocycles. The molecule has 0 aliphatic heterocycles. The second-order valence-electron chi connectivity index (χ2n) is 3.37. The molecular weight excluding hydrogens is 152 g/mol. The molecule has 0 saturated heterocycles. The lowest BCUT2D eigenvalue weighted by atomic mass is 10.1. The lowest BCUT2D eigenvalue weighted by molar-refractivity contribution is -0.281. The Bertz CT molecular complexity index is 83.9. The Labute approximate surface area is 75.9 Å². The van der Waals surface area contributed by atoms with Crippen LogP contribution in [0, 0.1) is 0 Å². The molecule has 0 radical (unpaired) electrons. The smallest absolute Gasteiger partial charge is 0.0927 e. The van der Waals surface area contributed by atoms with E-state index in [1.54, 1.807) is 0 Å². The summed E-state index contributed by atoms with van der Waals surface area (Å²) in [6.45, 7) is 4.31. The number of rotatable bonds is 8. The van der Waals surface area contributed by atoms with Gasteiger partial charge in [-0.05, 0) is 12.8 Å². The summed E-state index contributed by atoms with van der Waals surface area (Å²) in [5, 5.41) is 8.51. The van der Waals surface area contributed by atoms with Crippen LogP contribution in [0.3, 0.4) is 0 Å². The van der Waals surface area contributed by atoms with Crippen LogP contribution in [0.5, 0.6) is 0 Å². The van der Waals surface area contributed by atoms with Crippen LogP contribution in [-0.4, -0.2) is 11.4 Å². The Morgan fingerprint density at radius 3 is 2.25 bits per heavy atom. The first-order valence-electron chi connectivity index (χ1n) is 5.15. The van der Waals surface area contributed by atoms with E-state index in [1.807, 2.05) is 0 Å². The van der Waals surface area contributed by atoms with E-state index in [0.717, 1.165) is 19.3 Å². The summed E-state index contributed by atoms with van der Waals surface area (Å²) in [6.07, 6.45) is 8.14. The predicted octanol–water partition coefficient (Wildman–Crippen LogP) is 3.62. The average molecular weight is 174 g/mol. The minimum absolute atomic E-state index is 0.0758. The highest BCUT2D eigenvalue weighted by molar-refractivity contribution is 4.55. The molecule has 0 aliphatic rings. The van der Waals surface area contributed by atoms with Gasteiger partial charge in [0.1, 0.15) is 0 Å². The fourth-order valence-electron chi connectivity index (χ4n) is 1.37. The third-order valence-corrected chi connectivity index (χ3v) is 2.14. The monoisotopic (exact) mass is 174 g/mol. The minimum Gasteiger partial charge on any atom is -0.252 e. The molecule has 12 heavy (non-hydrogen) atoms. The summed E-state index contributed by atoms with van der Waals surface area (Å²) in [5.41, 5.74) is 0. The summed E-state index contributed by atoms with van der Waals surface area (Å²) in [6, 6.07) is 0. The first kappa shape index (κ1) is 11.9. The van der Waals surface area contributed by atoms with Crippen LogP contribution in [0.4, 0.5) is 0 Å². The fraction of sp³-hybridized carbons (Fsp3) is 1.00. The van der Waals surface area contributed by atoms with Crippen molar-refractivity contribution in [3.63, 3.8) is 0 Å². The molecule has 0 rings (SSSR count). The van der Waals surface area contributed by atoms with Gasteiger partial charge in [0, 0.05) is 0 Å². The highest BCUT2D eigenvalue weighted by atomic mass is 17.1. The minimum atomic E-state index is 0.0758. The van der Waals surface area contributed by atoms with Crippen molar-refractivity contribution >= 4 is 0 Å². The van der Waals surface area contributed by atoms with Crippen molar-refractivity contribution in [2.75, 3.05) is 0 Å². The van der Waals surface area contributed by atoms with E-state index in [0.29, 0.717) is 0 Å². The van der Waals surface area contributed by atoms with Crippen molar-refractivity contribution < 1.29 is 10.1 Å². The standard InChI is InChI=1S/C10H22O2/c1-3-5-6-7-9-10(12-11)8-4-2/h10-11H,3-9H2,1-2H3. The normalized spacial score (nSPS) is 13.2. The Kier molecular flexibility index (Phi) is 8.95. The third kappa shape index (κ3) is 6.62. The van der Waals surface area contributed by atoms with Gasteiger partial charge in [-0.15, -0.1) is 0 Å². The van der Waals surface area contributed by atoms with Crippen LogP contribution in [0.25, 0.3) is 0 Å². The van der Waals surface area contributed by atoms with E-state index < -0.39 is 0 Å². The predicted molar refractivity (Wildman–Crippen MR) is 51.2 cm³/mol. The van der Waals surface area contributed by atoms with Gasteiger partial charge >= 0.3 is 0 Å². The highest BCUT2D eigenvalue weighted by Gasteiger charge is 2.06. The lowest BCUT2D eigenvalue weighted by Gasteiger charge is -2.11. The van der Waals surface area contributed by atoms with Crippen LogP contribution in [0.1, 0.15) is 58.8 Å². The molecule has 1 unspecified atom stereocenters. The molecule has 0 aromatic heterocycles. The summed E-state index contributed by atoms with van der Waals surface area (Å²) in [4.78, 5) is 4.37. The molecule has 1 atom stereocenters. The molecule has 0 amide bonds. The van der Waals surface area contributed by atoms with Crippen molar-refractivity contribution in [3.8, 4) is 0 Å². The van der Waals surface area contributed by atoms with Crippen molar-refractivity contribution in [3.05, 3.63) is 0 Å². The average Bonchev–Trinajstić information content (AvgIpc) is 2.10. The van der Waals surface area contributed by atoms with Gasteiger partial charge in [0.25, 0.3) is 0 Å². The second kappa shape index (κ2) is 9.01. The van der Waals surface area contributed by atoms with Gasteiger partial charge < -0.3 is 0 Å². The van der Waals surface area contributed by atoms with Crippen molar-refractivity contribution in [2.24, 2.45) is 0 Å². The largest absolute Gasteiger partial charge is 0.252 e. The first-order valence-corrected chi connectivity index (χ1v) is 5.15. The molecular formula is C10H22O2. The molecule has 2 heteroatoms. The highest BCUT2D eigenvalue weighted by Crippen LogP contribution is 2.11. The molecule has 74 valence electrons. The van der Waals surface area contributed by atoms with E-state index >= 15 is 0 Å². The Balaban J connectivity index is 3.19. The SMILES string of the molecule is CCCCCCC(CCC)OO. The first-order chi connectivity index (χ1) is 5.85. The second-order valence-corrected chi connectivity index (χ2v) is 3.37. The Morgan fingerprint density at radius 2 is 1.75 bits per heavy atom. The number of unbranched alkanes of at least 4 members (excludes halogenated alkanes) is 3. The van der Waals surface area contributed by atoms with Crippen molar-refractivity contribution in [2.45, 2.75) is 64.9 Å². The van der Waals surface area contributed by atoms with E-state index in [-0.39, 0.29) is 6.10 Å². The zero-order valence-electron chi connectivity index (χ0n) is 8.38. The van der Waals surface area contributed by atoms with Gasteiger partial charge in [0.15, 0.2) is 0 Å². The van der Waals surface area contributed by atoms with Gasteiger partial charge in [-0.2, -0.15) is 0 Å². The molecule has 0 heterocycles. The number of hydrogen-bond acceptors (Lipinski definition) is 2. The maximum atomic E-state index is 8.51. The summed E-state index contributed by atoms with van der Waals surface area (Å²) in [7, 11) is 0. The maximum Gasteiger partial charge on any atom is 0.0927 e. The molecule has 0 fully saturated rings. The van der Waals surface area contributed by atoms with E-state index in [2.05, 4.69) is 18.7 Å². The van der Waals surface area contributed by atoms with Crippen LogP contribution in [0.15, 0.2) is 0 Å². The van der Waals surface area contributed by atoms with Crippen LogP contribution < -0.4 is 0 Å². The van der Waals surface area contributed by atoms with Crippen LogP contribution >= 0.6 is 0 Å². The van der Waals surface area contributed by atoms with E-state index in [1.165, 1.54) is 25.7 Å². The summed E-state index contributed by atoms with van der Waals surface area (Å²) in [5.74, 6) is 0. The van der Waals surface area contributed by atoms with Crippen molar-refractivity contribution in [1.82, 2.24) is 0 Å². The van der Waals surface area contributed by atoms with Gasteiger partial charge in [-0.1, -0.05) is 46.0 Å². The van der Waals surface area contributed by atoms with Gasteiger partial charge in [0.2, 0.25) is 0 Å². The lowest BCUT2D eigenvalue weighted by Crippen LogP contribution is -2.09. The Morgan fingerprint density at radius 1 is 1.00 bits per heavy atom. The molecule has 2 nitrogen and oxygen atoms in total. The number of hydrogen-bond donors (Lipinski definition) is 1. The van der Waals surface area contributed by atoms with Gasteiger partial charge in [0.05, 0.1) is 6.10 Å². The zero-order chi connectivity index (χ0) is 9.23. The quantitative estimate of drug-likeness (QED) is 0.346. The molecule has 0 aromatic carbocycles. The Hall–Kier alpha value is -0.0800. The molecule has 0 spiro atoms. The van der Waals surface area contributed by atoms with E-state index in [4.69, 9.17) is 5.26 Å². The maximum absolute atomic E-state index is 8.51. The van der Waals surface area contributed by atoms with Gasteiger partial charge in [-0.3, -0.25) is 5.26 Å². The topological polar surface area (TPSA) is 29.5 Å². The zero-order valence-corrected chi connectivity index (χ0v) is 8.38. The van der Waals surface area contributed by atoms with Crippen molar-refractivity contribution in [1.29, 1.82) is 0 Å². The van der Waals surface area contributed by atoms with Crippen LogP contribution in [0.2, 0.25) is 0 Å². The molecule has 0 aromatic rings. The third-order valence-electron chi connectivity index (χ3n) is 2.14. The van der Waals surface area contributed by atoms with Crippen LogP contribution in [-0.2, 0) is 4.89 Å². The van der Waals surface area contributed by atoms with E-state index in [9.17, 15) is 0 Å². The summed E-state index contributed by atoms with van der Waals surface area (Å²) >= 11 is 0. The molecule has 1 N–H and O–H groups in total. The molecule has 0 aliphatic carbocycles.